The van der Waals surface area contributed by atoms with E-state index in [1.54, 1.807) is 19.1 Å². The molecule has 3 atom stereocenters. The lowest BCUT2D eigenvalue weighted by atomic mass is 9.70. The second-order valence-corrected chi connectivity index (χ2v) is 12.1. The predicted octanol–water partition coefficient (Wildman–Crippen LogP) is 2.36. The molecule has 0 saturated carbocycles. The maximum atomic E-state index is 14.0. The van der Waals surface area contributed by atoms with Gasteiger partial charge in [0.15, 0.2) is 17.3 Å². The minimum atomic E-state index is -1.60. The van der Waals surface area contributed by atoms with Crippen LogP contribution in [0.5, 0.6) is 17.2 Å². The number of carbonyl (C=O) groups is 4. The molecule has 3 N–H and O–H groups in total. The number of hydrogen-bond donors (Lipinski definition) is 3. The van der Waals surface area contributed by atoms with Crippen molar-refractivity contribution >= 4 is 23.3 Å². The number of pyridine rings is 1. The zero-order chi connectivity index (χ0) is 31.0. The molecule has 2 bridgehead atoms. The van der Waals surface area contributed by atoms with Gasteiger partial charge in [-0.05, 0) is 46.1 Å². The number of allylic oxidation sites excluding steroid dienone is 4. The van der Waals surface area contributed by atoms with Crippen molar-refractivity contribution in [3.05, 3.63) is 74.0 Å². The van der Waals surface area contributed by atoms with Gasteiger partial charge in [-0.1, -0.05) is 6.07 Å². The second-order valence-electron chi connectivity index (χ2n) is 12.1. The molecule has 11 nitrogen and oxygen atoms in total. The van der Waals surface area contributed by atoms with Crippen LogP contribution in [0.25, 0.3) is 0 Å². The summed E-state index contributed by atoms with van der Waals surface area (Å²) in [6, 6.07) is 5.27. The summed E-state index contributed by atoms with van der Waals surface area (Å²) in [7, 11) is 0. The van der Waals surface area contributed by atoms with Gasteiger partial charge in [-0.25, -0.2) is 0 Å². The number of fused-ring (bicyclic) bond motifs is 7. The van der Waals surface area contributed by atoms with Gasteiger partial charge < -0.3 is 29.7 Å². The Kier molecular flexibility index (Phi) is 6.59. The molecule has 4 aliphatic rings. The fourth-order valence-corrected chi connectivity index (χ4v) is 7.07. The van der Waals surface area contributed by atoms with Gasteiger partial charge in [0.05, 0.1) is 11.1 Å². The van der Waals surface area contributed by atoms with Crippen LogP contribution in [0.1, 0.15) is 66.7 Å². The third-order valence-electron chi connectivity index (χ3n) is 9.32. The maximum absolute atomic E-state index is 14.0. The monoisotopic (exact) mass is 587 g/mol. The van der Waals surface area contributed by atoms with Crippen LogP contribution >= 0.6 is 0 Å². The number of likely N-dealkylation sites (tertiary alicyclic amines) is 1. The van der Waals surface area contributed by atoms with E-state index >= 15 is 0 Å². The number of phenolic OH excluding ortho intramolecular Hbond substituents is 2. The normalized spacial score (nSPS) is 24.8. The number of carbonyl (C=O) groups excluding carboxylic acids is 4. The van der Waals surface area contributed by atoms with E-state index in [4.69, 9.17) is 4.74 Å². The summed E-state index contributed by atoms with van der Waals surface area (Å²) in [5, 5.41) is 24.6. The molecule has 1 aromatic carbocycles. The number of Topliss-reactive ketones (excluding diaryl/α,β-unsaturated/α-hetero) is 2. The fraction of sp³-hybridized carbons (Fsp3) is 0.406. The molecule has 1 aromatic heterocycles. The Bertz CT molecular complexity index is 1770. The predicted molar refractivity (Wildman–Crippen MR) is 154 cm³/mol. The van der Waals surface area contributed by atoms with Crippen LogP contribution in [0.15, 0.2) is 46.1 Å². The van der Waals surface area contributed by atoms with E-state index in [2.05, 4.69) is 5.32 Å². The van der Waals surface area contributed by atoms with Gasteiger partial charge in [0.2, 0.25) is 5.91 Å². The highest BCUT2D eigenvalue weighted by atomic mass is 16.5. The molecule has 0 spiro atoms. The summed E-state index contributed by atoms with van der Waals surface area (Å²) in [4.78, 5) is 66.8. The highest BCUT2D eigenvalue weighted by molar-refractivity contribution is 6.31. The summed E-state index contributed by atoms with van der Waals surface area (Å²) in [6.07, 6.45) is 2.24. The van der Waals surface area contributed by atoms with Crippen molar-refractivity contribution in [3.63, 3.8) is 0 Å². The zero-order valence-electron chi connectivity index (χ0n) is 24.4. The van der Waals surface area contributed by atoms with Crippen molar-refractivity contribution in [1.82, 2.24) is 14.8 Å². The first-order valence-corrected chi connectivity index (χ1v) is 14.4. The standard InChI is InChI=1S/C32H33N3O8/c1-15-28(40)26(17(3)36)30-27(29(15)41)32(4)22(43-30)11-21(37)25(31(32)42)16(2)33-9-8-23(38)34-12-18-10-19(14-34)20-6-5-7-24(39)35(20)13-18/h5-7,11,18-19,33,40-41H,8-10,12-14H2,1-4H3/b25-16+/t18-,19+,32-/m0/s1. The molecule has 1 amide bonds. The van der Waals surface area contributed by atoms with Crippen LogP contribution in [0.2, 0.25) is 0 Å². The van der Waals surface area contributed by atoms with Gasteiger partial charge in [0, 0.05) is 67.6 Å². The van der Waals surface area contributed by atoms with Gasteiger partial charge >= 0.3 is 0 Å². The molecular weight excluding hydrogens is 554 g/mol. The molecule has 43 heavy (non-hydrogen) atoms. The van der Waals surface area contributed by atoms with E-state index in [9.17, 15) is 34.2 Å². The van der Waals surface area contributed by atoms with Gasteiger partial charge in [-0.3, -0.25) is 24.0 Å². The van der Waals surface area contributed by atoms with E-state index in [-0.39, 0.29) is 81.5 Å². The fourth-order valence-electron chi connectivity index (χ4n) is 7.07. The average Bonchev–Trinajstić information content (AvgIpc) is 3.24. The van der Waals surface area contributed by atoms with Crippen LogP contribution in [-0.2, 0) is 26.3 Å². The summed E-state index contributed by atoms with van der Waals surface area (Å²) >= 11 is 0. The van der Waals surface area contributed by atoms with Gasteiger partial charge in [-0.2, -0.15) is 0 Å². The molecule has 0 unspecified atom stereocenters. The van der Waals surface area contributed by atoms with E-state index in [0.29, 0.717) is 19.6 Å². The zero-order valence-corrected chi connectivity index (χ0v) is 24.4. The first-order valence-electron chi connectivity index (χ1n) is 14.4. The Morgan fingerprint density at radius 3 is 2.56 bits per heavy atom. The van der Waals surface area contributed by atoms with Crippen molar-refractivity contribution in [2.45, 2.75) is 58.4 Å². The number of amides is 1. The Morgan fingerprint density at radius 2 is 1.84 bits per heavy atom. The minimum Gasteiger partial charge on any atom is -0.507 e. The Morgan fingerprint density at radius 1 is 1.09 bits per heavy atom. The van der Waals surface area contributed by atoms with E-state index < -0.39 is 28.5 Å². The highest BCUT2D eigenvalue weighted by Crippen LogP contribution is 2.57. The lowest BCUT2D eigenvalue weighted by Gasteiger charge is -2.42. The highest BCUT2D eigenvalue weighted by Gasteiger charge is 2.56. The SMILES string of the molecule is CC(=O)c1c(O)c(C)c(O)c2c1OC1=CC(=O)/C(=C(/C)NCCC(=O)N3C[C@@H]4C[C@H](C3)c3cccc(=O)n3C4)C(=O)[C@@]12C. The third kappa shape index (κ3) is 4.20. The molecule has 1 aliphatic carbocycles. The first kappa shape index (κ1) is 28.4. The van der Waals surface area contributed by atoms with Crippen molar-refractivity contribution in [2.24, 2.45) is 5.92 Å². The average molecular weight is 588 g/mol. The molecule has 2 aromatic rings. The van der Waals surface area contributed by atoms with Crippen LogP contribution in [0.4, 0.5) is 0 Å². The minimum absolute atomic E-state index is 0.0160. The van der Waals surface area contributed by atoms with Crippen LogP contribution in [0.3, 0.4) is 0 Å². The molecule has 1 saturated heterocycles. The van der Waals surface area contributed by atoms with E-state index in [1.165, 1.54) is 26.8 Å². The van der Waals surface area contributed by atoms with Crippen molar-refractivity contribution in [1.29, 1.82) is 0 Å². The molecule has 1 fully saturated rings. The smallest absolute Gasteiger partial charge is 0.250 e. The number of aromatic hydroxyl groups is 2. The molecule has 4 heterocycles. The number of ketones is 3. The molecule has 11 heteroatoms. The number of nitrogens with one attached hydrogen (secondary N) is 1. The second kappa shape index (κ2) is 9.96. The summed E-state index contributed by atoms with van der Waals surface area (Å²) in [6.45, 7) is 7.62. The van der Waals surface area contributed by atoms with Crippen molar-refractivity contribution < 1.29 is 34.1 Å². The first-order chi connectivity index (χ1) is 20.3. The third-order valence-corrected chi connectivity index (χ3v) is 9.32. The molecular formula is C32H33N3O8. The number of rotatable bonds is 5. The molecule has 3 aliphatic heterocycles. The number of aromatic nitrogens is 1. The van der Waals surface area contributed by atoms with E-state index in [0.717, 1.165) is 12.1 Å². The number of piperidine rings is 1. The summed E-state index contributed by atoms with van der Waals surface area (Å²) in [5.74, 6) is -2.52. The number of phenols is 2. The Hall–Kier alpha value is -4.67. The van der Waals surface area contributed by atoms with Crippen LogP contribution in [0, 0.1) is 12.8 Å². The largest absolute Gasteiger partial charge is 0.507 e. The topological polar surface area (TPSA) is 155 Å². The quantitative estimate of drug-likeness (QED) is 0.272. The molecule has 0 radical (unpaired) electrons. The lowest BCUT2D eigenvalue weighted by Crippen LogP contribution is -2.49. The van der Waals surface area contributed by atoms with E-state index in [1.807, 2.05) is 15.5 Å². The molecule has 224 valence electrons. The number of nitrogens with zero attached hydrogens (tertiary/aromatic N) is 2. The summed E-state index contributed by atoms with van der Waals surface area (Å²) < 4.78 is 7.61. The van der Waals surface area contributed by atoms with Crippen LogP contribution in [-0.4, -0.2) is 62.6 Å². The number of hydrogen-bond acceptors (Lipinski definition) is 9. The molecule has 6 rings (SSSR count). The van der Waals surface area contributed by atoms with Gasteiger partial charge in [0.25, 0.3) is 5.56 Å². The number of ether oxygens (including phenoxy) is 1. The lowest BCUT2D eigenvalue weighted by molar-refractivity contribution is -0.133. The van der Waals surface area contributed by atoms with Gasteiger partial charge in [-0.15, -0.1) is 0 Å². The van der Waals surface area contributed by atoms with Crippen LogP contribution < -0.4 is 15.6 Å². The van der Waals surface area contributed by atoms with Crippen molar-refractivity contribution in [3.8, 4) is 17.2 Å². The Labute approximate surface area is 247 Å². The van der Waals surface area contributed by atoms with Crippen molar-refractivity contribution in [2.75, 3.05) is 19.6 Å². The number of benzene rings is 1. The summed E-state index contributed by atoms with van der Waals surface area (Å²) in [5.41, 5.74) is -0.644. The maximum Gasteiger partial charge on any atom is 0.250 e. The Balaban J connectivity index is 1.20. The van der Waals surface area contributed by atoms with Gasteiger partial charge in [0.1, 0.15) is 34.0 Å².